The number of carbonyl (C=O) groups excluding carboxylic acids is 1. The van der Waals surface area contributed by atoms with Gasteiger partial charge in [0.2, 0.25) is 0 Å². The average Bonchev–Trinajstić information content (AvgIpc) is 2.47. The van der Waals surface area contributed by atoms with Gasteiger partial charge in [-0.2, -0.15) is 0 Å². The van der Waals surface area contributed by atoms with Gasteiger partial charge in [0.25, 0.3) is 5.91 Å². The number of aryl methyl sites for hydroxylation is 2. The number of likely N-dealkylation sites (N-methyl/N-ethyl adjacent to an activating group) is 1. The molecule has 0 aliphatic heterocycles. The first-order valence-electron chi connectivity index (χ1n) is 6.59. The maximum absolute atomic E-state index is 12.2. The van der Waals surface area contributed by atoms with Crippen molar-refractivity contribution in [3.8, 4) is 5.75 Å². The first-order chi connectivity index (χ1) is 9.58. The van der Waals surface area contributed by atoms with E-state index in [-0.39, 0.29) is 12.5 Å². The molecule has 0 saturated heterocycles. The normalized spacial score (nSPS) is 10.2. The van der Waals surface area contributed by atoms with Crippen molar-refractivity contribution in [1.29, 1.82) is 0 Å². The summed E-state index contributed by atoms with van der Waals surface area (Å²) in [6.45, 7) is 4.05. The molecule has 0 aromatic heterocycles. The second-order valence-electron chi connectivity index (χ2n) is 4.84. The van der Waals surface area contributed by atoms with Crippen LogP contribution in [0.15, 0.2) is 48.5 Å². The Morgan fingerprint density at radius 2 is 1.80 bits per heavy atom. The van der Waals surface area contributed by atoms with Gasteiger partial charge in [0.05, 0.1) is 0 Å². The third kappa shape index (κ3) is 3.38. The lowest BCUT2D eigenvalue weighted by Gasteiger charge is -2.20. The van der Waals surface area contributed by atoms with Gasteiger partial charge in [-0.3, -0.25) is 4.79 Å². The molecule has 0 unspecified atom stereocenters. The molecule has 0 aliphatic carbocycles. The number of ether oxygens (including phenoxy) is 1. The van der Waals surface area contributed by atoms with Crippen LogP contribution < -0.4 is 9.64 Å². The molecule has 3 nitrogen and oxygen atoms in total. The number of hydrogen-bond acceptors (Lipinski definition) is 2. The summed E-state index contributed by atoms with van der Waals surface area (Å²) in [4.78, 5) is 13.8. The zero-order valence-electron chi connectivity index (χ0n) is 12.1. The van der Waals surface area contributed by atoms with E-state index in [1.165, 1.54) is 0 Å². The number of benzene rings is 2. The van der Waals surface area contributed by atoms with Crippen molar-refractivity contribution in [2.24, 2.45) is 0 Å². The predicted octanol–water partition coefficient (Wildman–Crippen LogP) is 3.35. The maximum atomic E-state index is 12.2. The zero-order valence-corrected chi connectivity index (χ0v) is 12.1. The van der Waals surface area contributed by atoms with Crippen molar-refractivity contribution in [2.45, 2.75) is 13.8 Å². The molecule has 0 radical (unpaired) electrons. The van der Waals surface area contributed by atoms with Crippen LogP contribution in [0, 0.1) is 13.8 Å². The summed E-state index contributed by atoms with van der Waals surface area (Å²) in [5.41, 5.74) is 3.13. The highest BCUT2D eigenvalue weighted by Gasteiger charge is 2.13. The van der Waals surface area contributed by atoms with Gasteiger partial charge in [-0.05, 0) is 43.2 Å². The summed E-state index contributed by atoms with van der Waals surface area (Å²) in [5, 5.41) is 0. The Labute approximate surface area is 119 Å². The molecule has 104 valence electrons. The summed E-state index contributed by atoms with van der Waals surface area (Å²) in [5.74, 6) is 0.637. The molecule has 20 heavy (non-hydrogen) atoms. The van der Waals surface area contributed by atoms with Crippen LogP contribution in [-0.2, 0) is 4.79 Å². The van der Waals surface area contributed by atoms with Crippen LogP contribution in [0.2, 0.25) is 0 Å². The minimum atomic E-state index is -0.0671. The number of para-hydroxylation sites is 1. The second-order valence-corrected chi connectivity index (χ2v) is 4.84. The van der Waals surface area contributed by atoms with E-state index >= 15 is 0 Å². The first kappa shape index (κ1) is 14.1. The molecular weight excluding hydrogens is 250 g/mol. The molecule has 0 fully saturated rings. The Morgan fingerprint density at radius 3 is 2.50 bits per heavy atom. The van der Waals surface area contributed by atoms with Gasteiger partial charge in [-0.1, -0.05) is 30.3 Å². The molecule has 0 spiro atoms. The van der Waals surface area contributed by atoms with E-state index in [0.29, 0.717) is 5.75 Å². The fourth-order valence-corrected chi connectivity index (χ4v) is 1.97. The van der Waals surface area contributed by atoms with Gasteiger partial charge in [-0.15, -0.1) is 0 Å². The van der Waals surface area contributed by atoms with E-state index in [1.54, 1.807) is 11.9 Å². The van der Waals surface area contributed by atoms with E-state index < -0.39 is 0 Å². The molecular formula is C17H19NO2. The Morgan fingerprint density at radius 1 is 1.10 bits per heavy atom. The number of nitrogens with zero attached hydrogens (tertiary/aromatic N) is 1. The van der Waals surface area contributed by atoms with Gasteiger partial charge >= 0.3 is 0 Å². The number of amides is 1. The fraction of sp³-hybridized carbons (Fsp3) is 0.235. The number of rotatable bonds is 4. The Kier molecular flexibility index (Phi) is 4.41. The molecule has 0 N–H and O–H groups in total. The monoisotopic (exact) mass is 269 g/mol. The molecule has 0 atom stereocenters. The Hall–Kier alpha value is -2.29. The highest BCUT2D eigenvalue weighted by Crippen LogP contribution is 2.20. The lowest BCUT2D eigenvalue weighted by atomic mass is 10.1. The van der Waals surface area contributed by atoms with Crippen molar-refractivity contribution in [3.05, 3.63) is 59.7 Å². The lowest BCUT2D eigenvalue weighted by Crippen LogP contribution is -2.31. The van der Waals surface area contributed by atoms with Crippen LogP contribution in [0.5, 0.6) is 5.75 Å². The largest absolute Gasteiger partial charge is 0.484 e. The molecule has 0 heterocycles. The highest BCUT2D eigenvalue weighted by molar-refractivity contribution is 5.94. The summed E-state index contributed by atoms with van der Waals surface area (Å²) < 4.78 is 5.49. The lowest BCUT2D eigenvalue weighted by molar-refractivity contribution is -0.120. The molecule has 0 saturated carbocycles. The minimum Gasteiger partial charge on any atom is -0.484 e. The predicted molar refractivity (Wildman–Crippen MR) is 81.3 cm³/mol. The number of carbonyl (C=O) groups is 1. The highest BCUT2D eigenvalue weighted by atomic mass is 16.5. The van der Waals surface area contributed by atoms with Crippen LogP contribution in [0.25, 0.3) is 0 Å². The molecule has 1 amide bonds. The van der Waals surface area contributed by atoms with Crippen LogP contribution >= 0.6 is 0 Å². The van der Waals surface area contributed by atoms with Crippen molar-refractivity contribution >= 4 is 11.6 Å². The fourth-order valence-electron chi connectivity index (χ4n) is 1.97. The summed E-state index contributed by atoms with van der Waals surface area (Å²) in [6, 6.07) is 15.4. The van der Waals surface area contributed by atoms with Gasteiger partial charge < -0.3 is 9.64 Å². The number of anilines is 1. The van der Waals surface area contributed by atoms with Crippen molar-refractivity contribution in [3.63, 3.8) is 0 Å². The maximum Gasteiger partial charge on any atom is 0.264 e. The number of hydrogen-bond donors (Lipinski definition) is 0. The van der Waals surface area contributed by atoms with Gasteiger partial charge in [-0.25, -0.2) is 0 Å². The smallest absolute Gasteiger partial charge is 0.264 e. The molecule has 3 heteroatoms. The Bertz CT molecular complexity index is 593. The zero-order chi connectivity index (χ0) is 14.5. The van der Waals surface area contributed by atoms with Crippen LogP contribution in [0.1, 0.15) is 11.1 Å². The summed E-state index contributed by atoms with van der Waals surface area (Å²) in [7, 11) is 1.78. The van der Waals surface area contributed by atoms with Crippen molar-refractivity contribution < 1.29 is 9.53 Å². The van der Waals surface area contributed by atoms with Crippen LogP contribution in [-0.4, -0.2) is 19.6 Å². The summed E-state index contributed by atoms with van der Waals surface area (Å²) >= 11 is 0. The van der Waals surface area contributed by atoms with Gasteiger partial charge in [0, 0.05) is 12.7 Å². The molecule has 2 rings (SSSR count). The van der Waals surface area contributed by atoms with E-state index in [2.05, 4.69) is 0 Å². The van der Waals surface area contributed by atoms with Gasteiger partial charge in [0.15, 0.2) is 6.61 Å². The van der Waals surface area contributed by atoms with Crippen LogP contribution in [0.3, 0.4) is 0 Å². The van der Waals surface area contributed by atoms with E-state index in [0.717, 1.165) is 16.8 Å². The van der Waals surface area contributed by atoms with Gasteiger partial charge in [0.1, 0.15) is 5.75 Å². The van der Waals surface area contributed by atoms with Crippen LogP contribution in [0.4, 0.5) is 5.69 Å². The average molecular weight is 269 g/mol. The molecule has 2 aromatic carbocycles. The molecule has 2 aromatic rings. The van der Waals surface area contributed by atoms with Crippen molar-refractivity contribution in [1.82, 2.24) is 0 Å². The van der Waals surface area contributed by atoms with Crippen molar-refractivity contribution in [2.75, 3.05) is 18.6 Å². The summed E-state index contributed by atoms with van der Waals surface area (Å²) in [6.07, 6.45) is 0. The topological polar surface area (TPSA) is 29.5 Å². The molecule has 0 aliphatic rings. The van der Waals surface area contributed by atoms with E-state index in [4.69, 9.17) is 4.74 Å². The standard InChI is InChI=1S/C17H19NO2/c1-13-9-10-14(2)16(11-13)18(3)17(19)12-20-15-7-5-4-6-8-15/h4-11H,12H2,1-3H3. The SMILES string of the molecule is Cc1ccc(C)c(N(C)C(=O)COc2ccccc2)c1. The third-order valence-corrected chi connectivity index (χ3v) is 3.21. The van der Waals surface area contributed by atoms with E-state index in [9.17, 15) is 4.79 Å². The third-order valence-electron chi connectivity index (χ3n) is 3.21. The van der Waals surface area contributed by atoms with E-state index in [1.807, 2.05) is 62.4 Å². The molecule has 0 bridgehead atoms. The quantitative estimate of drug-likeness (QED) is 0.852. The Balaban J connectivity index is 2.03. The first-order valence-corrected chi connectivity index (χ1v) is 6.59. The minimum absolute atomic E-state index is 0.0356. The second kappa shape index (κ2) is 6.24.